The molecule has 0 saturated heterocycles. The molecule has 0 spiro atoms. The number of rotatable bonds is 8. The molecule has 3 aromatic rings. The van der Waals surface area contributed by atoms with Crippen molar-refractivity contribution in [2.45, 2.75) is 51.1 Å². The van der Waals surface area contributed by atoms with Crippen LogP contribution in [0.2, 0.25) is 0 Å². The molecule has 0 saturated carbocycles. The molecule has 1 unspecified atom stereocenters. The lowest BCUT2D eigenvalue weighted by Crippen LogP contribution is -2.39. The summed E-state index contributed by atoms with van der Waals surface area (Å²) in [4.78, 5) is 13.1. The van der Waals surface area contributed by atoms with Gasteiger partial charge in [-0.15, -0.1) is 0 Å². The van der Waals surface area contributed by atoms with Crippen LogP contribution in [0.25, 0.3) is 21.7 Å². The fourth-order valence-corrected chi connectivity index (χ4v) is 3.58. The first-order valence-electron chi connectivity index (χ1n) is 10.3. The SMILES string of the molecule is CCCCn1c(=O)c2ccc(OC(CO)CO)cc2c2cc(C(C)(O)C(F)(F)F)ccc21. The van der Waals surface area contributed by atoms with E-state index in [1.54, 1.807) is 0 Å². The highest BCUT2D eigenvalue weighted by atomic mass is 19.4. The van der Waals surface area contributed by atoms with Crippen LogP contribution in [-0.4, -0.2) is 45.4 Å². The summed E-state index contributed by atoms with van der Waals surface area (Å²) in [6.45, 7) is 2.17. The molecule has 2 aromatic carbocycles. The van der Waals surface area contributed by atoms with Gasteiger partial charge in [0.1, 0.15) is 11.9 Å². The van der Waals surface area contributed by atoms with Crippen LogP contribution in [0.4, 0.5) is 13.2 Å². The standard InChI is InChI=1S/C23H26F3NO5/c1-3-4-9-27-20-8-5-14(22(2,31)23(24,25)26)10-19(20)18-11-15(32-16(12-28)13-29)6-7-17(18)21(27)30/h5-8,10-11,16,28-29,31H,3-4,9,12-13H2,1-2H3. The average molecular weight is 453 g/mol. The molecule has 0 aliphatic rings. The molecule has 32 heavy (non-hydrogen) atoms. The van der Waals surface area contributed by atoms with E-state index in [1.807, 2.05) is 6.92 Å². The lowest BCUT2D eigenvalue weighted by molar-refractivity contribution is -0.258. The molecule has 0 bridgehead atoms. The number of aliphatic hydroxyl groups is 3. The number of halogens is 3. The molecule has 3 N–H and O–H groups in total. The third kappa shape index (κ3) is 4.32. The van der Waals surface area contributed by atoms with E-state index in [9.17, 15) is 33.3 Å². The third-order valence-electron chi connectivity index (χ3n) is 5.60. The average Bonchev–Trinajstić information content (AvgIpc) is 2.76. The molecule has 9 heteroatoms. The van der Waals surface area contributed by atoms with Crippen molar-refractivity contribution >= 4 is 21.7 Å². The Hall–Kier alpha value is -2.62. The van der Waals surface area contributed by atoms with Crippen LogP contribution in [0.15, 0.2) is 41.2 Å². The van der Waals surface area contributed by atoms with Gasteiger partial charge in [-0.3, -0.25) is 4.79 Å². The lowest BCUT2D eigenvalue weighted by atomic mass is 9.92. The number of aryl methyl sites for hydroxylation is 1. The highest BCUT2D eigenvalue weighted by molar-refractivity contribution is 6.06. The van der Waals surface area contributed by atoms with Gasteiger partial charge in [0.25, 0.3) is 5.56 Å². The fourth-order valence-electron chi connectivity index (χ4n) is 3.58. The van der Waals surface area contributed by atoms with Crippen molar-refractivity contribution < 1.29 is 33.2 Å². The lowest BCUT2D eigenvalue weighted by Gasteiger charge is -2.27. The number of pyridine rings is 1. The molecule has 3 rings (SSSR count). The minimum absolute atomic E-state index is 0.241. The third-order valence-corrected chi connectivity index (χ3v) is 5.60. The zero-order chi connectivity index (χ0) is 23.7. The molecule has 0 aliphatic carbocycles. The van der Waals surface area contributed by atoms with E-state index in [2.05, 4.69) is 0 Å². The predicted molar refractivity (Wildman–Crippen MR) is 115 cm³/mol. The van der Waals surface area contributed by atoms with E-state index in [1.165, 1.54) is 41.0 Å². The van der Waals surface area contributed by atoms with Gasteiger partial charge < -0.3 is 24.6 Å². The Morgan fingerprint density at radius 2 is 1.72 bits per heavy atom. The van der Waals surface area contributed by atoms with Crippen molar-refractivity contribution in [3.63, 3.8) is 0 Å². The Bertz CT molecular complexity index is 1170. The number of hydrogen-bond acceptors (Lipinski definition) is 5. The normalized spacial score (nSPS) is 14.3. The van der Waals surface area contributed by atoms with Crippen molar-refractivity contribution in [1.82, 2.24) is 4.57 Å². The summed E-state index contributed by atoms with van der Waals surface area (Å²) in [5.74, 6) is 0.241. The quantitative estimate of drug-likeness (QED) is 0.455. The van der Waals surface area contributed by atoms with E-state index in [0.29, 0.717) is 36.2 Å². The summed E-state index contributed by atoms with van der Waals surface area (Å²) in [5, 5.41) is 29.7. The summed E-state index contributed by atoms with van der Waals surface area (Å²) in [5.41, 5.74) is -3.28. The van der Waals surface area contributed by atoms with Crippen molar-refractivity contribution in [2.24, 2.45) is 0 Å². The monoisotopic (exact) mass is 453 g/mol. The molecule has 1 aromatic heterocycles. The maximum absolute atomic E-state index is 13.5. The maximum Gasteiger partial charge on any atom is 0.421 e. The van der Waals surface area contributed by atoms with Crippen LogP contribution in [0.3, 0.4) is 0 Å². The Balaban J connectivity index is 2.33. The van der Waals surface area contributed by atoms with Crippen LogP contribution in [0.5, 0.6) is 5.75 Å². The Kier molecular flexibility index (Phi) is 6.83. The first kappa shape index (κ1) is 24.0. The van der Waals surface area contributed by atoms with E-state index < -0.39 is 31.1 Å². The number of alkyl halides is 3. The van der Waals surface area contributed by atoms with Gasteiger partial charge in [0, 0.05) is 22.7 Å². The van der Waals surface area contributed by atoms with Gasteiger partial charge in [-0.2, -0.15) is 13.2 Å². The summed E-state index contributed by atoms with van der Waals surface area (Å²) in [6.07, 6.45) is -4.25. The van der Waals surface area contributed by atoms with E-state index >= 15 is 0 Å². The summed E-state index contributed by atoms with van der Waals surface area (Å²) in [7, 11) is 0. The molecule has 1 atom stereocenters. The molecule has 0 amide bonds. The number of aliphatic hydroxyl groups excluding tert-OH is 2. The molecular weight excluding hydrogens is 427 g/mol. The second-order valence-electron chi connectivity index (χ2n) is 7.92. The molecule has 174 valence electrons. The van der Waals surface area contributed by atoms with Gasteiger partial charge in [-0.25, -0.2) is 0 Å². The van der Waals surface area contributed by atoms with Crippen LogP contribution in [-0.2, 0) is 12.1 Å². The largest absolute Gasteiger partial charge is 0.486 e. The van der Waals surface area contributed by atoms with Gasteiger partial charge in [0.05, 0.1) is 18.7 Å². The molecule has 6 nitrogen and oxygen atoms in total. The molecule has 1 heterocycles. The Labute approximate surface area is 182 Å². The van der Waals surface area contributed by atoms with Crippen molar-refractivity contribution in [3.8, 4) is 5.75 Å². The number of benzene rings is 2. The first-order valence-corrected chi connectivity index (χ1v) is 10.3. The van der Waals surface area contributed by atoms with Gasteiger partial charge in [-0.05, 0) is 49.2 Å². The summed E-state index contributed by atoms with van der Waals surface area (Å²) >= 11 is 0. The fraction of sp³-hybridized carbons (Fsp3) is 0.435. The number of aromatic nitrogens is 1. The van der Waals surface area contributed by atoms with E-state index in [-0.39, 0.29) is 22.3 Å². The number of hydrogen-bond donors (Lipinski definition) is 3. The number of ether oxygens (including phenoxy) is 1. The zero-order valence-corrected chi connectivity index (χ0v) is 17.8. The predicted octanol–water partition coefficient (Wildman–Crippen LogP) is 3.46. The Morgan fingerprint density at radius 3 is 2.31 bits per heavy atom. The van der Waals surface area contributed by atoms with Gasteiger partial charge >= 0.3 is 6.18 Å². The smallest absolute Gasteiger partial charge is 0.421 e. The van der Waals surface area contributed by atoms with Crippen molar-refractivity contribution in [1.29, 1.82) is 0 Å². The van der Waals surface area contributed by atoms with Crippen LogP contribution in [0, 0.1) is 0 Å². The van der Waals surface area contributed by atoms with Crippen molar-refractivity contribution in [3.05, 3.63) is 52.3 Å². The highest BCUT2D eigenvalue weighted by Crippen LogP contribution is 2.40. The zero-order valence-electron chi connectivity index (χ0n) is 17.8. The molecular formula is C23H26F3NO5. The minimum atomic E-state index is -4.89. The summed E-state index contributed by atoms with van der Waals surface area (Å²) in [6, 6.07) is 8.35. The summed E-state index contributed by atoms with van der Waals surface area (Å²) < 4.78 is 47.4. The van der Waals surface area contributed by atoms with E-state index in [0.717, 1.165) is 6.42 Å². The second kappa shape index (κ2) is 9.09. The van der Waals surface area contributed by atoms with Crippen LogP contribution in [0.1, 0.15) is 32.3 Å². The van der Waals surface area contributed by atoms with E-state index in [4.69, 9.17) is 4.74 Å². The highest BCUT2D eigenvalue weighted by Gasteiger charge is 2.51. The first-order chi connectivity index (χ1) is 15.0. The maximum atomic E-state index is 13.5. The van der Waals surface area contributed by atoms with Crippen LogP contribution < -0.4 is 10.3 Å². The molecule has 0 aliphatic heterocycles. The van der Waals surface area contributed by atoms with Crippen molar-refractivity contribution in [2.75, 3.05) is 13.2 Å². The molecule has 0 fully saturated rings. The van der Waals surface area contributed by atoms with Gasteiger partial charge in [0.15, 0.2) is 5.60 Å². The molecule has 0 radical (unpaired) electrons. The van der Waals surface area contributed by atoms with Gasteiger partial charge in [-0.1, -0.05) is 19.4 Å². The second-order valence-corrected chi connectivity index (χ2v) is 7.92. The topological polar surface area (TPSA) is 91.9 Å². The number of fused-ring (bicyclic) bond motifs is 3. The number of unbranched alkanes of at least 4 members (excludes halogenated alkanes) is 1. The minimum Gasteiger partial charge on any atom is -0.486 e. The number of nitrogens with zero attached hydrogens (tertiary/aromatic N) is 1. The van der Waals surface area contributed by atoms with Crippen LogP contribution >= 0.6 is 0 Å². The Morgan fingerprint density at radius 1 is 1.03 bits per heavy atom. The van der Waals surface area contributed by atoms with Gasteiger partial charge in [0.2, 0.25) is 0 Å².